The topological polar surface area (TPSA) is 50.7 Å². The van der Waals surface area contributed by atoms with Crippen LogP contribution in [0.3, 0.4) is 0 Å². The molecule has 1 aromatic rings. The minimum absolute atomic E-state index is 0.0948. The van der Waals surface area contributed by atoms with E-state index in [0.29, 0.717) is 34.1 Å². The highest BCUT2D eigenvalue weighted by molar-refractivity contribution is 6.32. The number of carbonyl (C=O) groups excluding carboxylic acids is 1. The summed E-state index contributed by atoms with van der Waals surface area (Å²) in [6.45, 7) is 7.25. The molecule has 0 saturated heterocycles. The number of nitrogens with one attached hydrogen (secondary N) is 1. The number of hydrazone groups is 1. The molecule has 27 heavy (non-hydrogen) atoms. The molecule has 4 nitrogen and oxygen atoms in total. The molecule has 4 aliphatic carbocycles. The van der Waals surface area contributed by atoms with Crippen LogP contribution in [0.4, 0.5) is 0 Å². The third kappa shape index (κ3) is 3.49. The van der Waals surface area contributed by atoms with E-state index in [9.17, 15) is 4.79 Å². The van der Waals surface area contributed by atoms with Crippen molar-refractivity contribution in [2.24, 2.45) is 27.3 Å². The van der Waals surface area contributed by atoms with Crippen LogP contribution in [0.2, 0.25) is 5.02 Å². The minimum Gasteiger partial charge on any atom is -0.492 e. The lowest BCUT2D eigenvalue weighted by Gasteiger charge is -2.64. The van der Waals surface area contributed by atoms with Crippen LogP contribution in [0.15, 0.2) is 23.3 Å². The summed E-state index contributed by atoms with van der Waals surface area (Å²) in [4.78, 5) is 13.1. The highest BCUT2D eigenvalue weighted by atomic mass is 35.5. The van der Waals surface area contributed by atoms with Crippen LogP contribution in [0.25, 0.3) is 0 Å². The quantitative estimate of drug-likeness (QED) is 0.557. The van der Waals surface area contributed by atoms with Crippen molar-refractivity contribution in [2.45, 2.75) is 59.3 Å². The summed E-state index contributed by atoms with van der Waals surface area (Å²) in [7, 11) is 0. The summed E-state index contributed by atoms with van der Waals surface area (Å²) < 4.78 is 5.44. The number of halogens is 1. The fraction of sp³-hybridized carbons (Fsp3) is 0.636. The molecule has 4 saturated carbocycles. The number of ether oxygens (including phenoxy) is 1. The molecular weight excluding hydrogens is 360 g/mol. The molecule has 0 radical (unpaired) electrons. The maximum atomic E-state index is 13.1. The van der Waals surface area contributed by atoms with E-state index in [0.717, 1.165) is 24.8 Å². The second kappa shape index (κ2) is 6.51. The molecule has 5 heteroatoms. The van der Waals surface area contributed by atoms with Gasteiger partial charge >= 0.3 is 0 Å². The maximum Gasteiger partial charge on any atom is 0.246 e. The molecule has 4 fully saturated rings. The fourth-order valence-corrected chi connectivity index (χ4v) is 7.10. The van der Waals surface area contributed by atoms with Gasteiger partial charge in [-0.05, 0) is 86.0 Å². The van der Waals surface area contributed by atoms with Crippen LogP contribution >= 0.6 is 11.6 Å². The van der Waals surface area contributed by atoms with Crippen molar-refractivity contribution in [1.82, 2.24) is 5.43 Å². The lowest BCUT2D eigenvalue weighted by Crippen LogP contribution is -2.59. The summed E-state index contributed by atoms with van der Waals surface area (Å²) in [5.74, 6) is 1.45. The largest absolute Gasteiger partial charge is 0.492 e. The predicted octanol–water partition coefficient (Wildman–Crippen LogP) is 5.19. The minimum atomic E-state index is -0.239. The van der Waals surface area contributed by atoms with Crippen molar-refractivity contribution in [3.8, 4) is 5.75 Å². The van der Waals surface area contributed by atoms with E-state index >= 15 is 0 Å². The molecule has 0 spiro atoms. The van der Waals surface area contributed by atoms with Crippen molar-refractivity contribution in [3.63, 3.8) is 0 Å². The van der Waals surface area contributed by atoms with Gasteiger partial charge in [0.2, 0.25) is 5.91 Å². The monoisotopic (exact) mass is 388 g/mol. The van der Waals surface area contributed by atoms with Crippen molar-refractivity contribution >= 4 is 23.7 Å². The van der Waals surface area contributed by atoms with Crippen molar-refractivity contribution in [3.05, 3.63) is 28.8 Å². The zero-order valence-electron chi connectivity index (χ0n) is 16.5. The zero-order chi connectivity index (χ0) is 19.3. The van der Waals surface area contributed by atoms with Gasteiger partial charge in [0.25, 0.3) is 0 Å². The number of hydrogen-bond donors (Lipinski definition) is 1. The summed E-state index contributed by atoms with van der Waals surface area (Å²) >= 11 is 6.22. The van der Waals surface area contributed by atoms with E-state index in [1.807, 2.05) is 19.1 Å². The van der Waals surface area contributed by atoms with Crippen molar-refractivity contribution in [2.75, 3.05) is 6.61 Å². The normalized spacial score (nSPS) is 37.0. The van der Waals surface area contributed by atoms with Gasteiger partial charge < -0.3 is 4.74 Å². The van der Waals surface area contributed by atoms with E-state index in [2.05, 4.69) is 24.4 Å². The second-order valence-electron chi connectivity index (χ2n) is 9.73. The Morgan fingerprint density at radius 3 is 2.56 bits per heavy atom. The van der Waals surface area contributed by atoms with Gasteiger partial charge in [-0.15, -0.1) is 0 Å². The smallest absolute Gasteiger partial charge is 0.246 e. The average molecular weight is 389 g/mol. The molecule has 2 atom stereocenters. The molecule has 0 heterocycles. The molecule has 5 rings (SSSR count). The first-order valence-electron chi connectivity index (χ1n) is 10.0. The van der Waals surface area contributed by atoms with Gasteiger partial charge in [-0.25, -0.2) is 5.43 Å². The van der Waals surface area contributed by atoms with E-state index < -0.39 is 0 Å². The molecule has 1 amide bonds. The maximum absolute atomic E-state index is 13.1. The number of amides is 1. The van der Waals surface area contributed by atoms with Crippen LogP contribution in [0.1, 0.15) is 64.9 Å². The van der Waals surface area contributed by atoms with Crippen LogP contribution < -0.4 is 10.2 Å². The summed E-state index contributed by atoms with van der Waals surface area (Å²) in [6, 6.07) is 5.52. The second-order valence-corrected chi connectivity index (χ2v) is 10.1. The SMILES string of the molecule is CCOc1ccc(/C=N/NC(=O)C23CC4CC(C)(CC(C)(C4)C2)C3)cc1Cl. The molecule has 0 aliphatic heterocycles. The summed E-state index contributed by atoms with van der Waals surface area (Å²) in [6.07, 6.45) is 8.51. The lowest BCUT2D eigenvalue weighted by atomic mass is 9.40. The first-order valence-corrected chi connectivity index (χ1v) is 10.4. The van der Waals surface area contributed by atoms with E-state index in [4.69, 9.17) is 16.3 Å². The Kier molecular flexibility index (Phi) is 4.53. The third-order valence-electron chi connectivity index (χ3n) is 6.74. The summed E-state index contributed by atoms with van der Waals surface area (Å²) in [5, 5.41) is 4.79. The highest BCUT2D eigenvalue weighted by Crippen LogP contribution is 2.69. The van der Waals surface area contributed by atoms with Crippen LogP contribution in [0.5, 0.6) is 5.75 Å². The highest BCUT2D eigenvalue weighted by Gasteiger charge is 2.62. The van der Waals surface area contributed by atoms with Gasteiger partial charge in [-0.1, -0.05) is 25.4 Å². The Morgan fingerprint density at radius 2 is 1.96 bits per heavy atom. The number of benzene rings is 1. The van der Waals surface area contributed by atoms with Gasteiger partial charge in [0.05, 0.1) is 23.3 Å². The van der Waals surface area contributed by atoms with Crippen molar-refractivity contribution in [1.29, 1.82) is 0 Å². The Labute approximate surface area is 166 Å². The zero-order valence-corrected chi connectivity index (χ0v) is 17.2. The van der Waals surface area contributed by atoms with Gasteiger partial charge in [0.15, 0.2) is 0 Å². The number of carbonyl (C=O) groups is 1. The Hall–Kier alpha value is -1.55. The van der Waals surface area contributed by atoms with Gasteiger partial charge in [0.1, 0.15) is 5.75 Å². The Balaban J connectivity index is 1.45. The van der Waals surface area contributed by atoms with Crippen LogP contribution in [-0.4, -0.2) is 18.7 Å². The van der Waals surface area contributed by atoms with E-state index in [1.54, 1.807) is 12.3 Å². The lowest BCUT2D eigenvalue weighted by molar-refractivity contribution is -0.170. The molecular formula is C22H29ClN2O2. The van der Waals surface area contributed by atoms with Crippen LogP contribution in [-0.2, 0) is 4.79 Å². The standard InChI is InChI=1S/C22H29ClN2O2/c1-4-27-18-6-5-15(7-17(18)23)11-24-25-19(26)22-10-16-8-20(2,13-22)12-21(3,9-16)14-22/h5-7,11,16H,4,8-10,12-14H2,1-3H3,(H,25,26)/b24-11+. The Bertz CT molecular complexity index is 773. The molecule has 4 bridgehead atoms. The molecule has 2 unspecified atom stereocenters. The van der Waals surface area contributed by atoms with Crippen LogP contribution in [0, 0.1) is 22.2 Å². The molecule has 1 aromatic carbocycles. The fourth-order valence-electron chi connectivity index (χ4n) is 6.85. The van der Waals surface area contributed by atoms with Gasteiger partial charge in [-0.2, -0.15) is 5.10 Å². The molecule has 146 valence electrons. The van der Waals surface area contributed by atoms with Crippen molar-refractivity contribution < 1.29 is 9.53 Å². The molecule has 4 aliphatic rings. The number of hydrogen-bond acceptors (Lipinski definition) is 3. The van der Waals surface area contributed by atoms with E-state index in [-0.39, 0.29) is 11.3 Å². The number of rotatable bonds is 5. The number of nitrogens with zero attached hydrogens (tertiary/aromatic N) is 1. The van der Waals surface area contributed by atoms with Gasteiger partial charge in [0, 0.05) is 0 Å². The third-order valence-corrected chi connectivity index (χ3v) is 7.04. The predicted molar refractivity (Wildman–Crippen MR) is 108 cm³/mol. The Morgan fingerprint density at radius 1 is 1.26 bits per heavy atom. The van der Waals surface area contributed by atoms with E-state index in [1.165, 1.54) is 19.3 Å². The molecule has 0 aromatic heterocycles. The van der Waals surface area contributed by atoms with Gasteiger partial charge in [-0.3, -0.25) is 4.79 Å². The average Bonchev–Trinajstić information content (AvgIpc) is 2.54. The first kappa shape index (κ1) is 18.8. The summed E-state index contributed by atoms with van der Waals surface area (Å²) in [5.41, 5.74) is 4.07. The molecule has 1 N–H and O–H groups in total. The first-order chi connectivity index (χ1) is 12.7.